The van der Waals surface area contributed by atoms with Crippen LogP contribution < -0.4 is 5.32 Å². The van der Waals surface area contributed by atoms with Gasteiger partial charge in [0.15, 0.2) is 0 Å². The van der Waals surface area contributed by atoms with Gasteiger partial charge in [-0.3, -0.25) is 4.90 Å². The maximum absolute atomic E-state index is 5.40. The number of benzene rings is 1. The first kappa shape index (κ1) is 16.3. The van der Waals surface area contributed by atoms with Crippen LogP contribution in [0, 0.1) is 0 Å². The highest BCUT2D eigenvalue weighted by atomic mass is 79.9. The van der Waals surface area contributed by atoms with Gasteiger partial charge in [-0.25, -0.2) is 0 Å². The van der Waals surface area contributed by atoms with Crippen molar-refractivity contribution in [3.05, 3.63) is 58.5 Å². The third kappa shape index (κ3) is 5.30. The molecule has 1 N–H and O–H groups in total. The Morgan fingerprint density at radius 3 is 2.81 bits per heavy atom. The molecule has 0 aliphatic carbocycles. The molecular weight excluding hydrogens is 328 g/mol. The van der Waals surface area contributed by atoms with Crippen LogP contribution in [-0.2, 0) is 6.54 Å². The van der Waals surface area contributed by atoms with E-state index in [0.717, 1.165) is 36.3 Å². The Labute approximate surface area is 135 Å². The van der Waals surface area contributed by atoms with E-state index in [1.54, 1.807) is 6.26 Å². The first-order valence-corrected chi connectivity index (χ1v) is 8.18. The molecule has 1 atom stereocenters. The fraction of sp³-hybridized carbons (Fsp3) is 0.412. The van der Waals surface area contributed by atoms with Gasteiger partial charge in [-0.15, -0.1) is 0 Å². The molecule has 2 aromatic rings. The van der Waals surface area contributed by atoms with E-state index in [9.17, 15) is 0 Å². The molecule has 114 valence electrons. The number of hydrogen-bond acceptors (Lipinski definition) is 3. The monoisotopic (exact) mass is 350 g/mol. The normalized spacial score (nSPS) is 12.8. The lowest BCUT2D eigenvalue weighted by atomic mass is 10.0. The van der Waals surface area contributed by atoms with E-state index in [1.807, 2.05) is 12.1 Å². The highest BCUT2D eigenvalue weighted by Gasteiger charge is 2.12. The summed E-state index contributed by atoms with van der Waals surface area (Å²) in [6, 6.07) is 12.9. The molecule has 1 heterocycles. The van der Waals surface area contributed by atoms with Crippen molar-refractivity contribution in [3.8, 4) is 0 Å². The molecule has 21 heavy (non-hydrogen) atoms. The summed E-state index contributed by atoms with van der Waals surface area (Å²) in [4.78, 5) is 2.29. The molecule has 0 radical (unpaired) electrons. The van der Waals surface area contributed by atoms with Gasteiger partial charge in [0, 0.05) is 17.1 Å². The average Bonchev–Trinajstić information content (AvgIpc) is 2.96. The van der Waals surface area contributed by atoms with Crippen molar-refractivity contribution in [2.75, 3.05) is 20.1 Å². The number of nitrogens with zero attached hydrogens (tertiary/aromatic N) is 1. The Morgan fingerprint density at radius 1 is 1.29 bits per heavy atom. The number of furan rings is 1. The Kier molecular flexibility index (Phi) is 6.49. The second-order valence-electron chi connectivity index (χ2n) is 5.27. The molecule has 0 fully saturated rings. The highest BCUT2D eigenvalue weighted by Crippen LogP contribution is 2.21. The maximum atomic E-state index is 5.40. The minimum atomic E-state index is 0.381. The minimum absolute atomic E-state index is 0.381. The van der Waals surface area contributed by atoms with Gasteiger partial charge in [-0.05, 0) is 49.8 Å². The fourth-order valence-electron chi connectivity index (χ4n) is 2.45. The van der Waals surface area contributed by atoms with Crippen molar-refractivity contribution < 1.29 is 4.42 Å². The zero-order valence-corrected chi connectivity index (χ0v) is 14.3. The van der Waals surface area contributed by atoms with Gasteiger partial charge in [0.1, 0.15) is 5.76 Å². The highest BCUT2D eigenvalue weighted by molar-refractivity contribution is 9.10. The molecule has 0 aliphatic heterocycles. The molecule has 0 bridgehead atoms. The third-order valence-electron chi connectivity index (χ3n) is 3.51. The van der Waals surface area contributed by atoms with E-state index >= 15 is 0 Å². The summed E-state index contributed by atoms with van der Waals surface area (Å²) in [6.45, 7) is 4.99. The van der Waals surface area contributed by atoms with Crippen molar-refractivity contribution in [2.45, 2.75) is 25.9 Å². The first-order chi connectivity index (χ1) is 10.2. The molecule has 4 heteroatoms. The van der Waals surface area contributed by atoms with Crippen LogP contribution in [0.25, 0.3) is 0 Å². The Hall–Kier alpha value is -1.10. The minimum Gasteiger partial charge on any atom is -0.468 e. The predicted molar refractivity (Wildman–Crippen MR) is 90.2 cm³/mol. The van der Waals surface area contributed by atoms with Gasteiger partial charge in [0.05, 0.1) is 12.8 Å². The quantitative estimate of drug-likeness (QED) is 0.772. The van der Waals surface area contributed by atoms with Crippen LogP contribution in [-0.4, -0.2) is 25.0 Å². The first-order valence-electron chi connectivity index (χ1n) is 7.38. The predicted octanol–water partition coefficient (Wildman–Crippen LogP) is 4.21. The number of hydrogen-bond donors (Lipinski definition) is 1. The van der Waals surface area contributed by atoms with Gasteiger partial charge in [-0.2, -0.15) is 0 Å². The summed E-state index contributed by atoms with van der Waals surface area (Å²) < 4.78 is 6.53. The molecule has 0 saturated carbocycles. The lowest BCUT2D eigenvalue weighted by Gasteiger charge is -2.22. The molecule has 2 rings (SSSR count). The van der Waals surface area contributed by atoms with Crippen molar-refractivity contribution in [3.63, 3.8) is 0 Å². The van der Waals surface area contributed by atoms with E-state index in [-0.39, 0.29) is 0 Å². The summed E-state index contributed by atoms with van der Waals surface area (Å²) in [5.74, 6) is 1.01. The van der Waals surface area contributed by atoms with Gasteiger partial charge in [0.2, 0.25) is 0 Å². The van der Waals surface area contributed by atoms with E-state index < -0.39 is 0 Å². The van der Waals surface area contributed by atoms with Gasteiger partial charge < -0.3 is 9.73 Å². The largest absolute Gasteiger partial charge is 0.468 e. The zero-order chi connectivity index (χ0) is 15.1. The second kappa shape index (κ2) is 8.37. The summed E-state index contributed by atoms with van der Waals surface area (Å²) in [6.07, 6.45) is 2.80. The molecular formula is C17H23BrN2O. The third-order valence-corrected chi connectivity index (χ3v) is 4.00. The average molecular weight is 351 g/mol. The molecule has 1 aromatic heterocycles. The SMILES string of the molecule is CCNC(CCN(C)Cc1ccco1)c1cccc(Br)c1. The summed E-state index contributed by atoms with van der Waals surface area (Å²) >= 11 is 3.55. The van der Waals surface area contributed by atoms with Crippen LogP contribution >= 0.6 is 15.9 Å². The van der Waals surface area contributed by atoms with Crippen LogP contribution in [0.4, 0.5) is 0 Å². The summed E-state index contributed by atoms with van der Waals surface area (Å²) in [7, 11) is 2.13. The molecule has 3 nitrogen and oxygen atoms in total. The van der Waals surface area contributed by atoms with Crippen LogP contribution in [0.2, 0.25) is 0 Å². The van der Waals surface area contributed by atoms with Crippen LogP contribution in [0.5, 0.6) is 0 Å². The van der Waals surface area contributed by atoms with Gasteiger partial charge in [-0.1, -0.05) is 35.0 Å². The fourth-order valence-corrected chi connectivity index (χ4v) is 2.87. The van der Waals surface area contributed by atoms with Gasteiger partial charge >= 0.3 is 0 Å². The standard InChI is InChI=1S/C17H23BrN2O/c1-3-19-17(14-6-4-7-15(18)12-14)9-10-20(2)13-16-8-5-11-21-16/h4-8,11-12,17,19H,3,9-10,13H2,1-2H3. The zero-order valence-electron chi connectivity index (χ0n) is 12.7. The van der Waals surface area contributed by atoms with E-state index in [4.69, 9.17) is 4.42 Å². The maximum Gasteiger partial charge on any atom is 0.117 e. The molecule has 1 unspecified atom stereocenters. The second-order valence-corrected chi connectivity index (χ2v) is 6.19. The van der Waals surface area contributed by atoms with Crippen LogP contribution in [0.15, 0.2) is 51.6 Å². The van der Waals surface area contributed by atoms with E-state index in [2.05, 4.69) is 64.4 Å². The van der Waals surface area contributed by atoms with Crippen molar-refractivity contribution >= 4 is 15.9 Å². The molecule has 0 saturated heterocycles. The molecule has 0 aliphatic rings. The lowest BCUT2D eigenvalue weighted by molar-refractivity contribution is 0.277. The van der Waals surface area contributed by atoms with E-state index in [1.165, 1.54) is 5.56 Å². The number of nitrogens with one attached hydrogen (secondary N) is 1. The summed E-state index contributed by atoms with van der Waals surface area (Å²) in [5, 5.41) is 3.57. The molecule has 1 aromatic carbocycles. The van der Waals surface area contributed by atoms with Crippen LogP contribution in [0.1, 0.15) is 30.7 Å². The number of halogens is 1. The Bertz CT molecular complexity index is 527. The van der Waals surface area contributed by atoms with Crippen molar-refractivity contribution in [1.82, 2.24) is 10.2 Å². The van der Waals surface area contributed by atoms with Crippen molar-refractivity contribution in [2.24, 2.45) is 0 Å². The van der Waals surface area contributed by atoms with E-state index in [0.29, 0.717) is 6.04 Å². The van der Waals surface area contributed by atoms with Gasteiger partial charge in [0.25, 0.3) is 0 Å². The Morgan fingerprint density at radius 2 is 2.14 bits per heavy atom. The molecule has 0 amide bonds. The smallest absolute Gasteiger partial charge is 0.117 e. The number of rotatable bonds is 8. The Balaban J connectivity index is 1.90. The topological polar surface area (TPSA) is 28.4 Å². The molecule has 0 spiro atoms. The van der Waals surface area contributed by atoms with Crippen LogP contribution in [0.3, 0.4) is 0 Å². The summed E-state index contributed by atoms with van der Waals surface area (Å²) in [5.41, 5.74) is 1.33. The lowest BCUT2D eigenvalue weighted by Crippen LogP contribution is -2.27. The van der Waals surface area contributed by atoms with Crippen molar-refractivity contribution in [1.29, 1.82) is 0 Å².